The number of aliphatic hydroxyl groups is 1. The van der Waals surface area contributed by atoms with Crippen LogP contribution in [0, 0.1) is 0 Å². The molecule has 1 amide bonds. The Kier molecular flexibility index (Phi) is 6.60. The highest BCUT2D eigenvalue weighted by atomic mass is 16.5. The first-order chi connectivity index (χ1) is 11.0. The van der Waals surface area contributed by atoms with Crippen molar-refractivity contribution in [3.8, 4) is 0 Å². The SMILES string of the molecule is CC(O)CCCCCC(=O)N1CCOC(C)(c2ccccc2)C1. The lowest BCUT2D eigenvalue weighted by Crippen LogP contribution is -2.50. The van der Waals surface area contributed by atoms with Crippen LogP contribution in [0.15, 0.2) is 30.3 Å². The maximum Gasteiger partial charge on any atom is 0.222 e. The van der Waals surface area contributed by atoms with Gasteiger partial charge in [-0.2, -0.15) is 0 Å². The molecular weight excluding hydrogens is 290 g/mol. The van der Waals surface area contributed by atoms with Crippen LogP contribution < -0.4 is 0 Å². The predicted octanol–water partition coefficient (Wildman–Crippen LogP) is 3.09. The lowest BCUT2D eigenvalue weighted by atomic mass is 9.93. The topological polar surface area (TPSA) is 49.8 Å². The van der Waals surface area contributed by atoms with E-state index in [2.05, 4.69) is 19.1 Å². The molecule has 0 bridgehead atoms. The average molecular weight is 319 g/mol. The summed E-state index contributed by atoms with van der Waals surface area (Å²) in [5, 5.41) is 9.24. The van der Waals surface area contributed by atoms with Crippen molar-refractivity contribution in [3.05, 3.63) is 35.9 Å². The third-order valence-electron chi connectivity index (χ3n) is 4.52. The van der Waals surface area contributed by atoms with Gasteiger partial charge in [0.05, 0.1) is 19.3 Å². The van der Waals surface area contributed by atoms with E-state index in [1.54, 1.807) is 0 Å². The molecule has 4 nitrogen and oxygen atoms in total. The van der Waals surface area contributed by atoms with Crippen molar-refractivity contribution in [3.63, 3.8) is 0 Å². The maximum absolute atomic E-state index is 12.4. The summed E-state index contributed by atoms with van der Waals surface area (Å²) >= 11 is 0. The van der Waals surface area contributed by atoms with Crippen molar-refractivity contribution in [2.24, 2.45) is 0 Å². The summed E-state index contributed by atoms with van der Waals surface area (Å²) in [7, 11) is 0. The summed E-state index contributed by atoms with van der Waals surface area (Å²) in [6, 6.07) is 10.1. The average Bonchev–Trinajstić information content (AvgIpc) is 2.55. The van der Waals surface area contributed by atoms with E-state index in [1.807, 2.05) is 30.0 Å². The van der Waals surface area contributed by atoms with Gasteiger partial charge < -0.3 is 14.7 Å². The number of amides is 1. The molecule has 1 aromatic rings. The fraction of sp³-hybridized carbons (Fsp3) is 0.632. The third kappa shape index (κ3) is 5.33. The van der Waals surface area contributed by atoms with Gasteiger partial charge in [0.1, 0.15) is 5.60 Å². The first-order valence-corrected chi connectivity index (χ1v) is 8.66. The zero-order valence-corrected chi connectivity index (χ0v) is 14.3. The summed E-state index contributed by atoms with van der Waals surface area (Å²) in [6.45, 7) is 5.74. The van der Waals surface area contributed by atoms with Crippen LogP contribution in [0.1, 0.15) is 51.5 Å². The molecule has 23 heavy (non-hydrogen) atoms. The van der Waals surface area contributed by atoms with Crippen LogP contribution in [0.2, 0.25) is 0 Å². The van der Waals surface area contributed by atoms with Crippen LogP contribution >= 0.6 is 0 Å². The number of aliphatic hydroxyl groups excluding tert-OH is 1. The van der Waals surface area contributed by atoms with Gasteiger partial charge in [-0.15, -0.1) is 0 Å². The van der Waals surface area contributed by atoms with Crippen molar-refractivity contribution in [2.45, 2.75) is 57.7 Å². The minimum Gasteiger partial charge on any atom is -0.393 e. The molecule has 1 saturated heterocycles. The van der Waals surface area contributed by atoms with Crippen LogP contribution in [0.5, 0.6) is 0 Å². The van der Waals surface area contributed by atoms with E-state index in [1.165, 1.54) is 0 Å². The van der Waals surface area contributed by atoms with Crippen molar-refractivity contribution < 1.29 is 14.6 Å². The lowest BCUT2D eigenvalue weighted by molar-refractivity contribution is -0.149. The van der Waals surface area contributed by atoms with E-state index in [0.29, 0.717) is 26.1 Å². The van der Waals surface area contributed by atoms with Crippen LogP contribution in [-0.2, 0) is 15.1 Å². The van der Waals surface area contributed by atoms with Gasteiger partial charge in [-0.3, -0.25) is 4.79 Å². The first-order valence-electron chi connectivity index (χ1n) is 8.66. The molecule has 1 aliphatic rings. The minimum absolute atomic E-state index is 0.215. The molecule has 0 radical (unpaired) electrons. The normalized spacial score (nSPS) is 22.8. The minimum atomic E-state index is -0.415. The second kappa shape index (κ2) is 8.46. The number of morpholine rings is 1. The Morgan fingerprint density at radius 2 is 2.04 bits per heavy atom. The Morgan fingerprint density at radius 3 is 2.74 bits per heavy atom. The van der Waals surface area contributed by atoms with Crippen LogP contribution in [0.3, 0.4) is 0 Å². The van der Waals surface area contributed by atoms with Gasteiger partial charge in [0.2, 0.25) is 5.91 Å². The smallest absolute Gasteiger partial charge is 0.222 e. The lowest BCUT2D eigenvalue weighted by Gasteiger charge is -2.41. The molecule has 1 fully saturated rings. The van der Waals surface area contributed by atoms with Crippen LogP contribution in [0.25, 0.3) is 0 Å². The van der Waals surface area contributed by atoms with Crippen LogP contribution in [0.4, 0.5) is 0 Å². The number of rotatable bonds is 7. The Hall–Kier alpha value is -1.39. The van der Waals surface area contributed by atoms with E-state index in [-0.39, 0.29) is 12.0 Å². The van der Waals surface area contributed by atoms with Gasteiger partial charge in [0.25, 0.3) is 0 Å². The van der Waals surface area contributed by atoms with Gasteiger partial charge >= 0.3 is 0 Å². The first kappa shape index (κ1) is 18.0. The summed E-state index contributed by atoms with van der Waals surface area (Å²) < 4.78 is 5.98. The van der Waals surface area contributed by atoms with Crippen LogP contribution in [-0.4, -0.2) is 41.7 Å². The molecule has 0 spiro atoms. The maximum atomic E-state index is 12.4. The van der Waals surface area contributed by atoms with Gasteiger partial charge in [-0.1, -0.05) is 43.2 Å². The Bertz CT molecular complexity index is 489. The summed E-state index contributed by atoms with van der Waals surface area (Å²) in [5.41, 5.74) is 0.705. The zero-order chi connectivity index (χ0) is 16.7. The number of unbranched alkanes of at least 4 members (excludes halogenated alkanes) is 2. The molecule has 128 valence electrons. The summed E-state index contributed by atoms with van der Waals surface area (Å²) in [5.74, 6) is 0.215. The fourth-order valence-corrected chi connectivity index (χ4v) is 3.10. The Morgan fingerprint density at radius 1 is 1.30 bits per heavy atom. The number of carbonyl (C=O) groups excluding carboxylic acids is 1. The van der Waals surface area contributed by atoms with Crippen molar-refractivity contribution >= 4 is 5.91 Å². The molecule has 0 saturated carbocycles. The number of nitrogens with zero attached hydrogens (tertiary/aromatic N) is 1. The highest BCUT2D eigenvalue weighted by Crippen LogP contribution is 2.29. The standard InChI is InChI=1S/C19H29NO3/c1-16(21)9-5-3-8-12-18(22)20-13-14-23-19(2,15-20)17-10-6-4-7-11-17/h4,6-7,10-11,16,21H,3,5,8-9,12-15H2,1-2H3. The number of hydrogen-bond donors (Lipinski definition) is 1. The largest absolute Gasteiger partial charge is 0.393 e. The molecule has 1 N–H and O–H groups in total. The number of ether oxygens (including phenoxy) is 1. The second-order valence-electron chi connectivity index (χ2n) is 6.71. The number of hydrogen-bond acceptors (Lipinski definition) is 3. The molecule has 0 aliphatic carbocycles. The van der Waals surface area contributed by atoms with E-state index in [9.17, 15) is 9.90 Å². The highest BCUT2D eigenvalue weighted by Gasteiger charge is 2.35. The number of benzene rings is 1. The van der Waals surface area contributed by atoms with Crippen molar-refractivity contribution in [2.75, 3.05) is 19.7 Å². The van der Waals surface area contributed by atoms with Gasteiger partial charge in [0.15, 0.2) is 0 Å². The van der Waals surface area contributed by atoms with E-state index in [0.717, 1.165) is 31.2 Å². The Labute approximate surface area is 139 Å². The molecule has 1 heterocycles. The van der Waals surface area contributed by atoms with Gasteiger partial charge in [-0.25, -0.2) is 0 Å². The predicted molar refractivity (Wildman–Crippen MR) is 91.1 cm³/mol. The molecular formula is C19H29NO3. The quantitative estimate of drug-likeness (QED) is 0.786. The Balaban J connectivity index is 1.82. The molecule has 1 aliphatic heterocycles. The number of carbonyl (C=O) groups is 1. The van der Waals surface area contributed by atoms with Gasteiger partial charge in [0, 0.05) is 13.0 Å². The molecule has 2 rings (SSSR count). The third-order valence-corrected chi connectivity index (χ3v) is 4.52. The molecule has 2 atom stereocenters. The van der Waals surface area contributed by atoms with E-state index in [4.69, 9.17) is 4.74 Å². The molecule has 1 aromatic carbocycles. The fourth-order valence-electron chi connectivity index (χ4n) is 3.10. The summed E-state index contributed by atoms with van der Waals surface area (Å²) in [4.78, 5) is 14.4. The highest BCUT2D eigenvalue weighted by molar-refractivity contribution is 5.76. The van der Waals surface area contributed by atoms with E-state index >= 15 is 0 Å². The van der Waals surface area contributed by atoms with Crippen molar-refractivity contribution in [1.29, 1.82) is 0 Å². The monoisotopic (exact) mass is 319 g/mol. The molecule has 2 unspecified atom stereocenters. The van der Waals surface area contributed by atoms with E-state index < -0.39 is 5.60 Å². The zero-order valence-electron chi connectivity index (χ0n) is 14.3. The molecule has 4 heteroatoms. The van der Waals surface area contributed by atoms with Crippen molar-refractivity contribution in [1.82, 2.24) is 4.90 Å². The second-order valence-corrected chi connectivity index (χ2v) is 6.71. The van der Waals surface area contributed by atoms with Gasteiger partial charge in [-0.05, 0) is 32.3 Å². The molecule has 0 aromatic heterocycles. The summed E-state index contributed by atoms with van der Waals surface area (Å²) in [6.07, 6.45) is 4.04.